The second-order valence-corrected chi connectivity index (χ2v) is 9.91. The number of benzene rings is 2. The topological polar surface area (TPSA) is 90.5 Å². The smallest absolute Gasteiger partial charge is 0.321 e. The average Bonchev–Trinajstić information content (AvgIpc) is 2.86. The van der Waals surface area contributed by atoms with Crippen LogP contribution in [0.4, 0.5) is 16.2 Å². The van der Waals surface area contributed by atoms with Crippen molar-refractivity contribution in [1.82, 2.24) is 10.2 Å². The summed E-state index contributed by atoms with van der Waals surface area (Å²) in [5, 5.41) is 9.09. The van der Waals surface area contributed by atoms with E-state index >= 15 is 0 Å². The van der Waals surface area contributed by atoms with Crippen molar-refractivity contribution < 1.29 is 14.4 Å². The molecule has 2 aliphatic rings. The van der Waals surface area contributed by atoms with Crippen molar-refractivity contribution in [1.29, 1.82) is 0 Å². The molecule has 1 atom stereocenters. The van der Waals surface area contributed by atoms with Gasteiger partial charge in [0.25, 0.3) is 5.91 Å². The minimum atomic E-state index is -0.277. The van der Waals surface area contributed by atoms with E-state index in [1.165, 1.54) is 19.3 Å². The molecule has 0 bridgehead atoms. The van der Waals surface area contributed by atoms with Crippen molar-refractivity contribution in [3.63, 3.8) is 0 Å². The number of hydrogen-bond donors (Lipinski definition) is 3. The molecule has 1 aliphatic heterocycles. The van der Waals surface area contributed by atoms with Crippen LogP contribution in [0.1, 0.15) is 66.4 Å². The molecule has 0 aromatic heterocycles. The van der Waals surface area contributed by atoms with Gasteiger partial charge in [-0.05, 0) is 81.0 Å². The van der Waals surface area contributed by atoms with E-state index in [0.717, 1.165) is 42.5 Å². The van der Waals surface area contributed by atoms with E-state index in [1.807, 2.05) is 44.2 Å². The number of carbonyl (C=O) groups is 3. The van der Waals surface area contributed by atoms with Gasteiger partial charge in [0.15, 0.2) is 0 Å². The lowest BCUT2D eigenvalue weighted by Crippen LogP contribution is -2.45. The highest BCUT2D eigenvalue weighted by atomic mass is 16.2. The molecule has 3 N–H and O–H groups in total. The Labute approximate surface area is 207 Å². The maximum absolute atomic E-state index is 13.0. The Morgan fingerprint density at radius 3 is 2.43 bits per heavy atom. The van der Waals surface area contributed by atoms with Crippen LogP contribution in [-0.4, -0.2) is 41.9 Å². The molecule has 1 aliphatic carbocycles. The normalized spacial score (nSPS) is 18.6. The molecule has 7 nitrogen and oxygen atoms in total. The summed E-state index contributed by atoms with van der Waals surface area (Å²) >= 11 is 0. The van der Waals surface area contributed by atoms with Crippen molar-refractivity contribution >= 4 is 29.2 Å². The van der Waals surface area contributed by atoms with Crippen LogP contribution in [0, 0.1) is 19.8 Å². The number of carbonyl (C=O) groups excluding carboxylic acids is 3. The molecule has 35 heavy (non-hydrogen) atoms. The third-order valence-corrected chi connectivity index (χ3v) is 7.04. The monoisotopic (exact) mass is 476 g/mol. The van der Waals surface area contributed by atoms with Crippen LogP contribution >= 0.6 is 0 Å². The first-order valence-corrected chi connectivity index (χ1v) is 12.7. The number of nitrogens with zero attached hydrogens (tertiary/aromatic N) is 1. The molecule has 1 heterocycles. The first-order chi connectivity index (χ1) is 16.9. The summed E-state index contributed by atoms with van der Waals surface area (Å²) in [4.78, 5) is 40.1. The van der Waals surface area contributed by atoms with Gasteiger partial charge in [0.2, 0.25) is 5.91 Å². The summed E-state index contributed by atoms with van der Waals surface area (Å²) in [6.07, 6.45) is 7.18. The van der Waals surface area contributed by atoms with E-state index in [-0.39, 0.29) is 29.8 Å². The van der Waals surface area contributed by atoms with Gasteiger partial charge in [-0.3, -0.25) is 9.59 Å². The number of anilines is 2. The number of amides is 4. The first-order valence-electron chi connectivity index (χ1n) is 12.7. The Kier molecular flexibility index (Phi) is 8.06. The Bertz CT molecular complexity index is 1080. The second kappa shape index (κ2) is 11.4. The summed E-state index contributed by atoms with van der Waals surface area (Å²) in [7, 11) is 0. The molecular formula is C28H36N4O3. The van der Waals surface area contributed by atoms with E-state index in [2.05, 4.69) is 16.0 Å². The molecule has 1 saturated carbocycles. The summed E-state index contributed by atoms with van der Waals surface area (Å²) in [5.74, 6) is -0.429. The number of piperidine rings is 1. The van der Waals surface area contributed by atoms with E-state index in [1.54, 1.807) is 17.0 Å². The number of likely N-dealkylation sites (tertiary alicyclic amines) is 1. The number of hydrogen-bond acceptors (Lipinski definition) is 3. The summed E-state index contributed by atoms with van der Waals surface area (Å²) in [6.45, 7) is 4.89. The predicted molar refractivity (Wildman–Crippen MR) is 139 cm³/mol. The van der Waals surface area contributed by atoms with Gasteiger partial charge in [0, 0.05) is 36.1 Å². The van der Waals surface area contributed by atoms with Crippen LogP contribution < -0.4 is 16.0 Å². The highest BCUT2D eigenvalue weighted by Crippen LogP contribution is 2.23. The maximum Gasteiger partial charge on any atom is 0.321 e. The van der Waals surface area contributed by atoms with Crippen LogP contribution in [0.5, 0.6) is 0 Å². The van der Waals surface area contributed by atoms with E-state index in [9.17, 15) is 14.4 Å². The molecule has 4 amide bonds. The van der Waals surface area contributed by atoms with Crippen LogP contribution in [0.15, 0.2) is 42.5 Å². The third kappa shape index (κ3) is 6.62. The van der Waals surface area contributed by atoms with E-state index < -0.39 is 0 Å². The predicted octanol–water partition coefficient (Wildman–Crippen LogP) is 5.25. The number of rotatable bonds is 5. The van der Waals surface area contributed by atoms with Gasteiger partial charge in [-0.2, -0.15) is 0 Å². The highest BCUT2D eigenvalue weighted by molar-refractivity contribution is 5.97. The van der Waals surface area contributed by atoms with Gasteiger partial charge >= 0.3 is 6.03 Å². The van der Waals surface area contributed by atoms with E-state index in [0.29, 0.717) is 24.3 Å². The largest absolute Gasteiger partial charge is 0.349 e. The van der Waals surface area contributed by atoms with Crippen molar-refractivity contribution in [3.8, 4) is 0 Å². The van der Waals surface area contributed by atoms with Gasteiger partial charge < -0.3 is 20.9 Å². The molecular weight excluding hydrogens is 440 g/mol. The second-order valence-electron chi connectivity index (χ2n) is 9.91. The minimum absolute atomic E-state index is 0.0552. The molecule has 186 valence electrons. The molecule has 2 aromatic carbocycles. The fourth-order valence-corrected chi connectivity index (χ4v) is 5.00. The minimum Gasteiger partial charge on any atom is -0.349 e. The molecule has 2 aromatic rings. The zero-order valence-electron chi connectivity index (χ0n) is 20.7. The van der Waals surface area contributed by atoms with Crippen LogP contribution in [0.3, 0.4) is 0 Å². The van der Waals surface area contributed by atoms with Crippen LogP contribution in [0.25, 0.3) is 0 Å². The third-order valence-electron chi connectivity index (χ3n) is 7.04. The maximum atomic E-state index is 13.0. The zero-order valence-corrected chi connectivity index (χ0v) is 20.7. The number of aryl methyl sites for hydroxylation is 2. The van der Waals surface area contributed by atoms with Crippen LogP contribution in [0.2, 0.25) is 0 Å². The quantitative estimate of drug-likeness (QED) is 0.551. The summed E-state index contributed by atoms with van der Waals surface area (Å²) < 4.78 is 0. The lowest BCUT2D eigenvalue weighted by Gasteiger charge is -2.32. The fourth-order valence-electron chi connectivity index (χ4n) is 5.00. The van der Waals surface area contributed by atoms with Gasteiger partial charge in [-0.15, -0.1) is 0 Å². The molecule has 2 fully saturated rings. The Hall–Kier alpha value is -3.35. The highest BCUT2D eigenvalue weighted by Gasteiger charge is 2.29. The molecule has 7 heteroatoms. The average molecular weight is 477 g/mol. The van der Waals surface area contributed by atoms with Crippen molar-refractivity contribution in [2.24, 2.45) is 5.92 Å². The van der Waals surface area contributed by atoms with E-state index in [4.69, 9.17) is 0 Å². The van der Waals surface area contributed by atoms with Crippen molar-refractivity contribution in [2.75, 3.05) is 23.7 Å². The lowest BCUT2D eigenvalue weighted by atomic mass is 9.95. The van der Waals surface area contributed by atoms with Crippen LogP contribution in [-0.2, 0) is 4.79 Å². The van der Waals surface area contributed by atoms with Crippen molar-refractivity contribution in [3.05, 3.63) is 59.2 Å². The van der Waals surface area contributed by atoms with Gasteiger partial charge in [0.05, 0.1) is 5.92 Å². The fraction of sp³-hybridized carbons (Fsp3) is 0.464. The van der Waals surface area contributed by atoms with Gasteiger partial charge in [-0.25, -0.2) is 4.79 Å². The Morgan fingerprint density at radius 2 is 1.69 bits per heavy atom. The molecule has 1 saturated heterocycles. The SMILES string of the molecule is Cc1cccc(NC(=O)N2CCCC(C(=O)Nc3ccc(C(=O)NC4CCCCC4)cc3C)C2)c1. The number of nitrogens with one attached hydrogen (secondary N) is 3. The van der Waals surface area contributed by atoms with Gasteiger partial charge in [-0.1, -0.05) is 31.4 Å². The zero-order chi connectivity index (χ0) is 24.8. The summed E-state index contributed by atoms with van der Waals surface area (Å²) in [6, 6.07) is 13.1. The molecule has 4 rings (SSSR count). The molecule has 1 unspecified atom stereocenters. The Balaban J connectivity index is 1.32. The number of urea groups is 1. The Morgan fingerprint density at radius 1 is 0.886 bits per heavy atom. The van der Waals surface area contributed by atoms with Crippen molar-refractivity contribution in [2.45, 2.75) is 64.8 Å². The molecule has 0 radical (unpaired) electrons. The standard InChI is InChI=1S/C28H36N4O3/c1-19-8-6-12-24(16-19)30-28(35)32-15-7-9-22(18-32)27(34)31-25-14-13-21(17-20(25)2)26(33)29-23-10-4-3-5-11-23/h6,8,12-14,16-17,22-23H,3-5,7,9-11,15,18H2,1-2H3,(H,29,33)(H,30,35)(H,31,34). The first kappa shape index (κ1) is 24.8. The lowest BCUT2D eigenvalue weighted by molar-refractivity contribution is -0.121. The molecule has 0 spiro atoms. The van der Waals surface area contributed by atoms with Gasteiger partial charge in [0.1, 0.15) is 0 Å². The summed E-state index contributed by atoms with van der Waals surface area (Å²) in [5.41, 5.74) is 3.99.